The van der Waals surface area contributed by atoms with Crippen LogP contribution in [-0.2, 0) is 18.3 Å². The van der Waals surface area contributed by atoms with Gasteiger partial charge in [0.05, 0.1) is 13.7 Å². The molecule has 10 nitrogen and oxygen atoms in total. The monoisotopic (exact) mass is 360 g/mol. The number of carbonyl (C=O) groups is 1. The molecule has 10 heteroatoms. The molecule has 0 atom stereocenters. The van der Waals surface area contributed by atoms with Gasteiger partial charge in [-0.1, -0.05) is 5.92 Å². The Labute approximate surface area is 149 Å². The van der Waals surface area contributed by atoms with E-state index < -0.39 is 17.3 Å². The third-order valence-electron chi connectivity index (χ3n) is 4.30. The predicted octanol–water partition coefficient (Wildman–Crippen LogP) is -1.06. The Bertz CT molecular complexity index is 1030. The van der Waals surface area contributed by atoms with E-state index in [1.165, 1.54) is 14.2 Å². The molecule has 2 aromatic heterocycles. The number of aromatic nitrogens is 4. The van der Waals surface area contributed by atoms with Crippen LogP contribution < -0.4 is 21.5 Å². The average Bonchev–Trinajstić information content (AvgIpc) is 3.04. The largest absolute Gasteiger partial charge is 0.452 e. The lowest BCUT2D eigenvalue weighted by Crippen LogP contribution is -2.44. The minimum atomic E-state index is -0.895. The number of hydrogen-bond acceptors (Lipinski definition) is 7. The summed E-state index contributed by atoms with van der Waals surface area (Å²) in [5.74, 6) is 6.23. The maximum absolute atomic E-state index is 12.7. The standard InChI is InChI=1S/C16H20N6O4/c1-4-5-8-21-11-12(18-14(21)20-9-6-17-7-10-20)22(16(25)26-3)15(24)19(2)13(11)23/h17H,6-10H2,1-3H3. The van der Waals surface area contributed by atoms with Crippen molar-refractivity contribution in [1.29, 1.82) is 0 Å². The smallest absolute Gasteiger partial charge is 0.423 e. The summed E-state index contributed by atoms with van der Waals surface area (Å²) in [5, 5.41) is 3.25. The van der Waals surface area contributed by atoms with E-state index in [1.807, 2.05) is 4.90 Å². The third-order valence-corrected chi connectivity index (χ3v) is 4.30. The van der Waals surface area contributed by atoms with E-state index in [0.717, 1.165) is 22.2 Å². The summed E-state index contributed by atoms with van der Waals surface area (Å²) < 4.78 is 8.00. The molecule has 0 radical (unpaired) electrons. The van der Waals surface area contributed by atoms with Crippen LogP contribution in [-0.4, -0.2) is 58.1 Å². The lowest BCUT2D eigenvalue weighted by molar-refractivity contribution is 0.172. The lowest BCUT2D eigenvalue weighted by Gasteiger charge is -2.28. The summed E-state index contributed by atoms with van der Waals surface area (Å²) in [6.07, 6.45) is -0.895. The first-order chi connectivity index (χ1) is 12.5. The first-order valence-electron chi connectivity index (χ1n) is 8.17. The normalized spacial score (nSPS) is 14.2. The zero-order chi connectivity index (χ0) is 18.8. The van der Waals surface area contributed by atoms with Crippen molar-refractivity contribution in [1.82, 2.24) is 24.0 Å². The van der Waals surface area contributed by atoms with Crippen molar-refractivity contribution in [3.8, 4) is 11.8 Å². The van der Waals surface area contributed by atoms with Gasteiger partial charge in [-0.15, -0.1) is 5.92 Å². The van der Waals surface area contributed by atoms with Gasteiger partial charge in [-0.2, -0.15) is 9.55 Å². The van der Waals surface area contributed by atoms with Gasteiger partial charge in [-0.25, -0.2) is 9.59 Å². The SMILES string of the molecule is CC#CCn1c(N2CCNCC2)nc2c1c(=O)n(C)c(=O)n2C(=O)OC. The van der Waals surface area contributed by atoms with E-state index >= 15 is 0 Å². The fraction of sp³-hybridized carbons (Fsp3) is 0.500. The number of piperazine rings is 1. The van der Waals surface area contributed by atoms with E-state index in [1.54, 1.807) is 11.5 Å². The molecule has 1 fully saturated rings. The molecule has 138 valence electrons. The summed E-state index contributed by atoms with van der Waals surface area (Å²) in [6, 6.07) is 0. The third kappa shape index (κ3) is 2.76. The highest BCUT2D eigenvalue weighted by atomic mass is 16.5. The molecule has 0 amide bonds. The van der Waals surface area contributed by atoms with Crippen LogP contribution in [0.15, 0.2) is 9.59 Å². The minimum Gasteiger partial charge on any atom is -0.452 e. The minimum absolute atomic E-state index is 0.0172. The Morgan fingerprint density at radius 1 is 1.31 bits per heavy atom. The highest BCUT2D eigenvalue weighted by molar-refractivity contribution is 5.85. The van der Waals surface area contributed by atoms with Crippen LogP contribution in [0.2, 0.25) is 0 Å². The van der Waals surface area contributed by atoms with Crippen LogP contribution in [0.1, 0.15) is 6.92 Å². The molecule has 26 heavy (non-hydrogen) atoms. The molecule has 0 aliphatic carbocycles. The van der Waals surface area contributed by atoms with Crippen LogP contribution >= 0.6 is 0 Å². The second-order valence-electron chi connectivity index (χ2n) is 5.79. The van der Waals surface area contributed by atoms with Gasteiger partial charge in [-0.3, -0.25) is 13.9 Å². The molecule has 0 aromatic carbocycles. The number of anilines is 1. The van der Waals surface area contributed by atoms with Crippen molar-refractivity contribution in [3.05, 3.63) is 20.8 Å². The fourth-order valence-corrected chi connectivity index (χ4v) is 2.95. The highest BCUT2D eigenvalue weighted by Gasteiger charge is 2.26. The number of imidazole rings is 1. The molecule has 0 bridgehead atoms. The topological polar surface area (TPSA) is 103 Å². The Hall–Kier alpha value is -3.06. The molecular weight excluding hydrogens is 340 g/mol. The lowest BCUT2D eigenvalue weighted by atomic mass is 10.4. The van der Waals surface area contributed by atoms with Gasteiger partial charge in [0.2, 0.25) is 5.95 Å². The predicted molar refractivity (Wildman–Crippen MR) is 95.6 cm³/mol. The highest BCUT2D eigenvalue weighted by Crippen LogP contribution is 2.20. The van der Waals surface area contributed by atoms with Crippen molar-refractivity contribution in [2.24, 2.45) is 7.05 Å². The van der Waals surface area contributed by atoms with E-state index in [4.69, 9.17) is 4.74 Å². The van der Waals surface area contributed by atoms with E-state index in [9.17, 15) is 14.4 Å². The molecule has 1 aliphatic heterocycles. The molecule has 1 N–H and O–H groups in total. The Balaban J connectivity index is 2.39. The number of rotatable bonds is 2. The van der Waals surface area contributed by atoms with Gasteiger partial charge in [0.15, 0.2) is 11.2 Å². The summed E-state index contributed by atoms with van der Waals surface area (Å²) in [6.45, 7) is 4.83. The van der Waals surface area contributed by atoms with Gasteiger partial charge < -0.3 is 15.0 Å². The van der Waals surface area contributed by atoms with Crippen LogP contribution in [0.4, 0.5) is 10.7 Å². The number of methoxy groups -OCH3 is 1. The first kappa shape index (κ1) is 17.8. The van der Waals surface area contributed by atoms with E-state index in [2.05, 4.69) is 22.1 Å². The van der Waals surface area contributed by atoms with Gasteiger partial charge in [0.1, 0.15) is 0 Å². The second-order valence-corrected chi connectivity index (χ2v) is 5.79. The number of fused-ring (bicyclic) bond motifs is 1. The maximum atomic E-state index is 12.7. The number of nitrogens with zero attached hydrogens (tertiary/aromatic N) is 5. The van der Waals surface area contributed by atoms with Crippen molar-refractivity contribution < 1.29 is 9.53 Å². The zero-order valence-corrected chi connectivity index (χ0v) is 14.9. The van der Waals surface area contributed by atoms with Crippen LogP contribution in [0.3, 0.4) is 0 Å². The first-order valence-corrected chi connectivity index (χ1v) is 8.17. The van der Waals surface area contributed by atoms with Crippen molar-refractivity contribution >= 4 is 23.2 Å². The average molecular weight is 360 g/mol. The Kier molecular flexibility index (Phi) is 4.81. The van der Waals surface area contributed by atoms with Gasteiger partial charge >= 0.3 is 11.8 Å². The Morgan fingerprint density at radius 3 is 2.62 bits per heavy atom. The number of carbonyl (C=O) groups excluding carboxylic acids is 1. The molecule has 1 saturated heterocycles. The van der Waals surface area contributed by atoms with Crippen LogP contribution in [0.25, 0.3) is 11.2 Å². The van der Waals surface area contributed by atoms with Gasteiger partial charge in [-0.05, 0) is 6.92 Å². The molecule has 0 saturated carbocycles. The summed E-state index contributed by atoms with van der Waals surface area (Å²) in [5.41, 5.74) is -1.20. The van der Waals surface area contributed by atoms with Crippen molar-refractivity contribution in [2.45, 2.75) is 13.5 Å². The molecule has 0 unspecified atom stereocenters. The molecule has 1 aliphatic rings. The summed E-state index contributed by atoms with van der Waals surface area (Å²) in [4.78, 5) is 43.8. The fourth-order valence-electron chi connectivity index (χ4n) is 2.95. The maximum Gasteiger partial charge on any atom is 0.423 e. The molecule has 3 rings (SSSR count). The number of nitrogens with one attached hydrogen (secondary N) is 1. The van der Waals surface area contributed by atoms with Crippen LogP contribution in [0.5, 0.6) is 0 Å². The van der Waals surface area contributed by atoms with Gasteiger partial charge in [0, 0.05) is 33.2 Å². The van der Waals surface area contributed by atoms with Crippen molar-refractivity contribution in [3.63, 3.8) is 0 Å². The van der Waals surface area contributed by atoms with E-state index in [-0.39, 0.29) is 17.7 Å². The van der Waals surface area contributed by atoms with Gasteiger partial charge in [0.25, 0.3) is 5.56 Å². The molecule has 0 spiro atoms. The second kappa shape index (κ2) is 7.05. The zero-order valence-electron chi connectivity index (χ0n) is 14.9. The van der Waals surface area contributed by atoms with Crippen molar-refractivity contribution in [2.75, 3.05) is 38.2 Å². The summed E-state index contributed by atoms with van der Waals surface area (Å²) in [7, 11) is 2.49. The summed E-state index contributed by atoms with van der Waals surface area (Å²) >= 11 is 0. The quantitative estimate of drug-likeness (QED) is 0.681. The molecule has 3 heterocycles. The molecular formula is C16H20N6O4. The Morgan fingerprint density at radius 2 is 2.00 bits per heavy atom. The number of ether oxygens (including phenoxy) is 1. The molecule has 2 aromatic rings. The van der Waals surface area contributed by atoms with Crippen LogP contribution in [0, 0.1) is 11.8 Å². The van der Waals surface area contributed by atoms with E-state index in [0.29, 0.717) is 19.0 Å². The number of hydrogen-bond donors (Lipinski definition) is 1.